The number of hydrogen-bond acceptors (Lipinski definition) is 2. The van der Waals surface area contributed by atoms with Gasteiger partial charge in [-0.05, 0) is 73.0 Å². The summed E-state index contributed by atoms with van der Waals surface area (Å²) in [6, 6.07) is 4.39. The maximum atomic E-state index is 12.6. The van der Waals surface area contributed by atoms with Gasteiger partial charge in [-0.1, -0.05) is 69.9 Å². The molecule has 29 heavy (non-hydrogen) atoms. The Balaban J connectivity index is 0.00000240. The van der Waals surface area contributed by atoms with E-state index < -0.39 is 10.1 Å². The third kappa shape index (κ3) is 5.68. The summed E-state index contributed by atoms with van der Waals surface area (Å²) in [5.41, 5.74) is 3.25. The van der Waals surface area contributed by atoms with Crippen molar-refractivity contribution in [2.24, 2.45) is 0 Å². The van der Waals surface area contributed by atoms with E-state index in [1.807, 2.05) is 0 Å². The van der Waals surface area contributed by atoms with Crippen molar-refractivity contribution in [3.63, 3.8) is 0 Å². The van der Waals surface area contributed by atoms with Gasteiger partial charge in [0.05, 0.1) is 0 Å². The molecule has 3 saturated carbocycles. The second-order valence-corrected chi connectivity index (χ2v) is 10.9. The quantitative estimate of drug-likeness (QED) is 0.444. The summed E-state index contributed by atoms with van der Waals surface area (Å²) < 4.78 is 35.5. The topological polar surface area (TPSA) is 54.4 Å². The molecule has 4 rings (SSSR count). The van der Waals surface area contributed by atoms with Gasteiger partial charge in [0, 0.05) is 0 Å². The Morgan fingerprint density at radius 2 is 0.966 bits per heavy atom. The minimum absolute atomic E-state index is 0. The molecule has 0 atom stereocenters. The Bertz CT molecular complexity index is 732. The van der Waals surface area contributed by atoms with Crippen LogP contribution in [0.15, 0.2) is 17.0 Å². The van der Waals surface area contributed by atoms with Crippen LogP contribution >= 0.6 is 0 Å². The Hall–Kier alpha value is 0.130. The molecule has 0 radical (unpaired) electrons. The molecule has 3 aliphatic rings. The van der Waals surface area contributed by atoms with Gasteiger partial charge >= 0.3 is 29.6 Å². The van der Waals surface area contributed by atoms with E-state index in [-0.39, 0.29) is 41.4 Å². The number of benzene rings is 1. The summed E-state index contributed by atoms with van der Waals surface area (Å²) in [5, 5.41) is 0. The van der Waals surface area contributed by atoms with Gasteiger partial charge in [-0.25, -0.2) is 0 Å². The monoisotopic (exact) mass is 428 g/mol. The van der Waals surface area contributed by atoms with Crippen LogP contribution in [0.3, 0.4) is 0 Å². The second kappa shape index (κ2) is 10.6. The third-order valence-electron chi connectivity index (χ3n) is 7.59. The van der Waals surface area contributed by atoms with E-state index >= 15 is 0 Å². The van der Waals surface area contributed by atoms with E-state index in [2.05, 4.69) is 12.1 Å². The van der Waals surface area contributed by atoms with Gasteiger partial charge in [0.1, 0.15) is 4.90 Å². The van der Waals surface area contributed by atoms with E-state index in [0.717, 1.165) is 36.8 Å². The molecule has 3 fully saturated rings. The summed E-state index contributed by atoms with van der Waals surface area (Å²) in [4.78, 5) is 0.297. The molecular formula is C24H37NaO3S. The van der Waals surface area contributed by atoms with Crippen LogP contribution in [0.2, 0.25) is 0 Å². The van der Waals surface area contributed by atoms with Crippen LogP contribution in [0.5, 0.6) is 0 Å². The molecule has 1 aromatic carbocycles. The van der Waals surface area contributed by atoms with Crippen LogP contribution in [0, 0.1) is 0 Å². The van der Waals surface area contributed by atoms with Crippen LogP contribution in [-0.4, -0.2) is 42.5 Å². The summed E-state index contributed by atoms with van der Waals surface area (Å²) in [5.74, 6) is 1.14. The van der Waals surface area contributed by atoms with Crippen LogP contribution in [0.1, 0.15) is 131 Å². The summed E-state index contributed by atoms with van der Waals surface area (Å²) >= 11 is 0. The first-order chi connectivity index (χ1) is 13.5. The van der Waals surface area contributed by atoms with Gasteiger partial charge in [0.2, 0.25) is 0 Å². The standard InChI is InChI=1S/C24H36O3S.Na.H/c25-28(26,27)24-22(19-12-6-2-7-13-19)16-21(18-10-4-1-5-11-18)17-23(24)20-14-8-3-9-15-20;;/h16-20H,1-15H2,(H,25,26,27);;. The van der Waals surface area contributed by atoms with Gasteiger partial charge in [-0.3, -0.25) is 4.55 Å². The Kier molecular flexibility index (Phi) is 8.72. The fourth-order valence-corrected chi connectivity index (χ4v) is 7.15. The van der Waals surface area contributed by atoms with Crippen molar-refractivity contribution in [3.8, 4) is 0 Å². The molecular weight excluding hydrogens is 391 g/mol. The van der Waals surface area contributed by atoms with E-state index in [0.29, 0.717) is 10.8 Å². The molecule has 3 nitrogen and oxygen atoms in total. The van der Waals surface area contributed by atoms with Crippen LogP contribution in [0.25, 0.3) is 0 Å². The van der Waals surface area contributed by atoms with Crippen molar-refractivity contribution in [3.05, 3.63) is 28.8 Å². The first-order valence-electron chi connectivity index (χ1n) is 11.7. The van der Waals surface area contributed by atoms with E-state index in [9.17, 15) is 13.0 Å². The average molecular weight is 429 g/mol. The molecule has 158 valence electrons. The van der Waals surface area contributed by atoms with Crippen LogP contribution in [0.4, 0.5) is 0 Å². The van der Waals surface area contributed by atoms with Gasteiger partial charge in [-0.15, -0.1) is 0 Å². The van der Waals surface area contributed by atoms with E-state index in [4.69, 9.17) is 0 Å². The van der Waals surface area contributed by atoms with E-state index in [1.165, 1.54) is 76.2 Å². The molecule has 1 N–H and O–H groups in total. The van der Waals surface area contributed by atoms with Crippen LogP contribution in [-0.2, 0) is 10.1 Å². The van der Waals surface area contributed by atoms with Crippen molar-refractivity contribution < 1.29 is 13.0 Å². The Morgan fingerprint density at radius 3 is 1.31 bits per heavy atom. The molecule has 0 aliphatic heterocycles. The predicted octanol–water partition coefficient (Wildman–Crippen LogP) is 6.43. The zero-order valence-electron chi connectivity index (χ0n) is 17.2. The molecule has 0 amide bonds. The normalized spacial score (nSPS) is 22.9. The fourth-order valence-electron chi connectivity index (χ4n) is 6.10. The minimum atomic E-state index is -4.21. The summed E-state index contributed by atoms with van der Waals surface area (Å²) in [6.07, 6.45) is 17.7. The maximum absolute atomic E-state index is 12.6. The van der Waals surface area contributed by atoms with Crippen molar-refractivity contribution in [2.75, 3.05) is 0 Å². The fraction of sp³-hybridized carbons (Fsp3) is 0.750. The molecule has 0 spiro atoms. The zero-order chi connectivity index (χ0) is 19.6. The van der Waals surface area contributed by atoms with Crippen molar-refractivity contribution in [1.82, 2.24) is 0 Å². The van der Waals surface area contributed by atoms with Gasteiger partial charge in [-0.2, -0.15) is 8.42 Å². The molecule has 0 bridgehead atoms. The van der Waals surface area contributed by atoms with Crippen molar-refractivity contribution in [1.29, 1.82) is 0 Å². The first kappa shape index (κ1) is 23.8. The summed E-state index contributed by atoms with van der Waals surface area (Å²) in [7, 11) is -4.21. The molecule has 5 heteroatoms. The molecule has 1 aromatic rings. The molecule has 0 saturated heterocycles. The van der Waals surface area contributed by atoms with Crippen molar-refractivity contribution >= 4 is 39.7 Å². The number of hydrogen-bond donors (Lipinski definition) is 1. The summed E-state index contributed by atoms with van der Waals surface area (Å²) in [6.45, 7) is 0. The third-order valence-corrected chi connectivity index (χ3v) is 8.58. The molecule has 0 heterocycles. The van der Waals surface area contributed by atoms with Gasteiger partial charge in [0.25, 0.3) is 10.1 Å². The predicted molar refractivity (Wildman–Crippen MR) is 121 cm³/mol. The zero-order valence-corrected chi connectivity index (χ0v) is 18.0. The molecule has 0 aromatic heterocycles. The Morgan fingerprint density at radius 1 is 0.621 bits per heavy atom. The van der Waals surface area contributed by atoms with Crippen molar-refractivity contribution in [2.45, 2.75) is 119 Å². The van der Waals surface area contributed by atoms with Gasteiger partial charge in [0.15, 0.2) is 0 Å². The molecule has 3 aliphatic carbocycles. The molecule has 0 unspecified atom stereocenters. The number of rotatable bonds is 4. The van der Waals surface area contributed by atoms with Gasteiger partial charge < -0.3 is 0 Å². The second-order valence-electron chi connectivity index (χ2n) is 9.51. The first-order valence-corrected chi connectivity index (χ1v) is 13.1. The SMILES string of the molecule is O=S(=O)(O)c1c(C2CCCCC2)cc(C2CCCCC2)cc1C1CCCCC1.[NaH]. The Labute approximate surface area is 199 Å². The van der Waals surface area contributed by atoms with E-state index in [1.54, 1.807) is 0 Å². The van der Waals surface area contributed by atoms with Crippen LogP contribution < -0.4 is 0 Å². The average Bonchev–Trinajstić information content (AvgIpc) is 2.74.